The van der Waals surface area contributed by atoms with Crippen molar-refractivity contribution < 1.29 is 4.74 Å². The van der Waals surface area contributed by atoms with E-state index < -0.39 is 0 Å². The SMILES string of the molecule is Cc1cc(-n2nc(C)c(C)c2C)ccc1OCc1c(Cl)cccc1-n1nnn(C)c1=O. The summed E-state index contributed by atoms with van der Waals surface area (Å²) in [5, 5.41) is 12.8. The summed E-state index contributed by atoms with van der Waals surface area (Å²) in [6.45, 7) is 8.30. The van der Waals surface area contributed by atoms with Crippen LogP contribution in [-0.2, 0) is 13.7 Å². The molecule has 0 aliphatic heterocycles. The largest absolute Gasteiger partial charge is 0.488 e. The lowest BCUT2D eigenvalue weighted by molar-refractivity contribution is 0.303. The van der Waals surface area contributed by atoms with Gasteiger partial charge in [-0.1, -0.05) is 17.7 Å². The fourth-order valence-corrected chi connectivity index (χ4v) is 3.63. The number of aryl methyl sites for hydroxylation is 3. The van der Waals surface area contributed by atoms with Crippen molar-refractivity contribution in [2.24, 2.45) is 7.05 Å². The molecule has 160 valence electrons. The van der Waals surface area contributed by atoms with Crippen molar-refractivity contribution in [3.05, 3.63) is 80.0 Å². The van der Waals surface area contributed by atoms with Crippen LogP contribution in [0.1, 0.15) is 28.1 Å². The second-order valence-electron chi connectivity index (χ2n) is 7.48. The lowest BCUT2D eigenvalue weighted by Crippen LogP contribution is -2.23. The highest BCUT2D eigenvalue weighted by atomic mass is 35.5. The average molecular weight is 439 g/mol. The van der Waals surface area contributed by atoms with E-state index in [1.165, 1.54) is 10.2 Å². The van der Waals surface area contributed by atoms with Gasteiger partial charge in [-0.2, -0.15) is 14.5 Å². The normalized spacial score (nSPS) is 11.2. The van der Waals surface area contributed by atoms with Gasteiger partial charge in [-0.3, -0.25) is 0 Å². The highest BCUT2D eigenvalue weighted by molar-refractivity contribution is 6.31. The molecule has 4 aromatic rings. The van der Waals surface area contributed by atoms with Gasteiger partial charge in [0, 0.05) is 23.3 Å². The molecule has 31 heavy (non-hydrogen) atoms. The van der Waals surface area contributed by atoms with Gasteiger partial charge >= 0.3 is 5.69 Å². The number of ether oxygens (including phenoxy) is 1. The number of benzene rings is 2. The van der Waals surface area contributed by atoms with E-state index in [1.54, 1.807) is 25.2 Å². The van der Waals surface area contributed by atoms with Gasteiger partial charge < -0.3 is 4.74 Å². The zero-order chi connectivity index (χ0) is 22.3. The maximum atomic E-state index is 12.3. The topological polar surface area (TPSA) is 79.8 Å². The molecule has 0 saturated heterocycles. The third-order valence-electron chi connectivity index (χ3n) is 5.47. The smallest absolute Gasteiger partial charge is 0.368 e. The predicted octanol–water partition coefficient (Wildman–Crippen LogP) is 3.62. The molecule has 4 rings (SSSR count). The van der Waals surface area contributed by atoms with Gasteiger partial charge in [-0.15, -0.1) is 0 Å². The Labute approximate surface area is 184 Å². The zero-order valence-corrected chi connectivity index (χ0v) is 18.8. The Morgan fingerprint density at radius 1 is 1.03 bits per heavy atom. The first-order valence-electron chi connectivity index (χ1n) is 9.81. The molecule has 9 heteroatoms. The maximum absolute atomic E-state index is 12.3. The highest BCUT2D eigenvalue weighted by Crippen LogP contribution is 2.27. The van der Waals surface area contributed by atoms with E-state index in [4.69, 9.17) is 16.3 Å². The van der Waals surface area contributed by atoms with Crippen LogP contribution in [0.4, 0.5) is 0 Å². The molecular weight excluding hydrogens is 416 g/mol. The van der Waals surface area contributed by atoms with Gasteiger partial charge in [0.15, 0.2) is 0 Å². The molecular formula is C22H23ClN6O2. The predicted molar refractivity (Wildman–Crippen MR) is 118 cm³/mol. The molecule has 0 spiro atoms. The molecule has 0 bridgehead atoms. The first kappa shape index (κ1) is 20.9. The van der Waals surface area contributed by atoms with Gasteiger partial charge in [0.2, 0.25) is 0 Å². The van der Waals surface area contributed by atoms with Crippen LogP contribution >= 0.6 is 11.6 Å². The van der Waals surface area contributed by atoms with E-state index in [0.29, 0.717) is 16.3 Å². The standard InChI is InChI=1S/C22H23ClN6O2/c1-13-11-17(28-16(4)14(2)15(3)24-28)9-10-21(13)31-12-18-19(23)7-6-8-20(18)29-22(30)27(5)25-26-29/h6-11H,12H2,1-5H3. The summed E-state index contributed by atoms with van der Waals surface area (Å²) in [5.41, 5.74) is 6.09. The summed E-state index contributed by atoms with van der Waals surface area (Å²) >= 11 is 6.42. The van der Waals surface area contributed by atoms with Crippen LogP contribution in [0.15, 0.2) is 41.2 Å². The third kappa shape index (κ3) is 3.74. The average Bonchev–Trinajstić information content (AvgIpc) is 3.21. The summed E-state index contributed by atoms with van der Waals surface area (Å²) in [7, 11) is 1.54. The Morgan fingerprint density at radius 3 is 2.42 bits per heavy atom. The molecule has 0 aliphatic carbocycles. The highest BCUT2D eigenvalue weighted by Gasteiger charge is 2.15. The molecule has 2 heterocycles. The van der Waals surface area contributed by atoms with E-state index in [-0.39, 0.29) is 12.3 Å². The van der Waals surface area contributed by atoms with E-state index in [2.05, 4.69) is 29.4 Å². The third-order valence-corrected chi connectivity index (χ3v) is 5.83. The fourth-order valence-electron chi connectivity index (χ4n) is 3.40. The molecule has 0 saturated carbocycles. The van der Waals surface area contributed by atoms with Crippen LogP contribution in [0, 0.1) is 27.7 Å². The molecule has 0 unspecified atom stereocenters. The van der Waals surface area contributed by atoms with Gasteiger partial charge in [0.1, 0.15) is 12.4 Å². The molecule has 8 nitrogen and oxygen atoms in total. The summed E-state index contributed by atoms with van der Waals surface area (Å²) in [5.74, 6) is 0.722. The van der Waals surface area contributed by atoms with Crippen molar-refractivity contribution in [2.45, 2.75) is 34.3 Å². The van der Waals surface area contributed by atoms with E-state index in [1.807, 2.05) is 36.7 Å². The molecule has 0 radical (unpaired) electrons. The van der Waals surface area contributed by atoms with Crippen molar-refractivity contribution in [1.82, 2.24) is 29.6 Å². The van der Waals surface area contributed by atoms with Crippen molar-refractivity contribution in [2.75, 3.05) is 0 Å². The second-order valence-corrected chi connectivity index (χ2v) is 7.89. The Balaban J connectivity index is 1.63. The van der Waals surface area contributed by atoms with Crippen LogP contribution in [0.5, 0.6) is 5.75 Å². The van der Waals surface area contributed by atoms with E-state index >= 15 is 0 Å². The molecule has 0 amide bonds. The summed E-state index contributed by atoms with van der Waals surface area (Å²) < 4.78 is 10.4. The number of nitrogens with zero attached hydrogens (tertiary/aromatic N) is 6. The summed E-state index contributed by atoms with van der Waals surface area (Å²) in [6.07, 6.45) is 0. The monoisotopic (exact) mass is 438 g/mol. The Hall–Kier alpha value is -3.39. The molecule has 2 aromatic carbocycles. The maximum Gasteiger partial charge on any atom is 0.368 e. The van der Waals surface area contributed by atoms with Gasteiger partial charge in [0.05, 0.1) is 17.1 Å². The van der Waals surface area contributed by atoms with Crippen LogP contribution in [0.2, 0.25) is 5.02 Å². The number of rotatable bonds is 5. The Bertz CT molecular complexity index is 1330. The van der Waals surface area contributed by atoms with Crippen molar-refractivity contribution in [3.8, 4) is 17.1 Å². The number of hydrogen-bond donors (Lipinski definition) is 0. The van der Waals surface area contributed by atoms with Crippen LogP contribution in [-0.4, -0.2) is 29.6 Å². The zero-order valence-electron chi connectivity index (χ0n) is 18.0. The molecule has 0 fully saturated rings. The minimum Gasteiger partial charge on any atom is -0.488 e. The van der Waals surface area contributed by atoms with Crippen molar-refractivity contribution in [1.29, 1.82) is 0 Å². The Kier molecular flexibility index (Phi) is 5.41. The molecule has 0 aliphatic rings. The number of halogens is 1. The second kappa shape index (κ2) is 8.03. The van der Waals surface area contributed by atoms with Gasteiger partial charge in [-0.25, -0.2) is 9.48 Å². The summed E-state index contributed by atoms with van der Waals surface area (Å²) in [6, 6.07) is 11.2. The van der Waals surface area contributed by atoms with Crippen LogP contribution in [0.3, 0.4) is 0 Å². The fraction of sp³-hybridized carbons (Fsp3) is 0.273. The van der Waals surface area contributed by atoms with E-state index in [9.17, 15) is 4.79 Å². The Morgan fingerprint density at radius 2 is 1.81 bits per heavy atom. The molecule has 2 aromatic heterocycles. The number of aromatic nitrogens is 6. The first-order valence-corrected chi connectivity index (χ1v) is 10.2. The lowest BCUT2D eigenvalue weighted by Gasteiger charge is -2.14. The molecule has 0 N–H and O–H groups in total. The van der Waals surface area contributed by atoms with Crippen LogP contribution in [0.25, 0.3) is 11.4 Å². The number of hydrogen-bond acceptors (Lipinski definition) is 5. The minimum absolute atomic E-state index is 0.178. The van der Waals surface area contributed by atoms with Gasteiger partial charge in [0.25, 0.3) is 0 Å². The van der Waals surface area contributed by atoms with Crippen molar-refractivity contribution >= 4 is 11.6 Å². The van der Waals surface area contributed by atoms with Crippen LogP contribution < -0.4 is 10.4 Å². The van der Waals surface area contributed by atoms with E-state index in [0.717, 1.165) is 33.1 Å². The first-order chi connectivity index (χ1) is 14.8. The van der Waals surface area contributed by atoms with Crippen molar-refractivity contribution in [3.63, 3.8) is 0 Å². The minimum atomic E-state index is -0.357. The quantitative estimate of drug-likeness (QED) is 0.475. The number of tetrazole rings is 1. The lowest BCUT2D eigenvalue weighted by atomic mass is 10.1. The summed E-state index contributed by atoms with van der Waals surface area (Å²) in [4.78, 5) is 12.3. The molecule has 0 atom stereocenters. The van der Waals surface area contributed by atoms with Gasteiger partial charge in [-0.05, 0) is 79.6 Å².